The third kappa shape index (κ3) is 5.79. The van der Waals surface area contributed by atoms with Crippen LogP contribution in [-0.4, -0.2) is 17.4 Å². The van der Waals surface area contributed by atoms with Crippen molar-refractivity contribution in [2.75, 3.05) is 11.9 Å². The number of amides is 1. The molecule has 6 heteroatoms. The summed E-state index contributed by atoms with van der Waals surface area (Å²) in [4.78, 5) is 22.8. The molecule has 0 saturated carbocycles. The van der Waals surface area contributed by atoms with Gasteiger partial charge in [-0.25, -0.2) is 0 Å². The van der Waals surface area contributed by atoms with Gasteiger partial charge in [-0.2, -0.15) is 0 Å². The van der Waals surface area contributed by atoms with Gasteiger partial charge in [0.15, 0.2) is 6.61 Å². The van der Waals surface area contributed by atoms with Gasteiger partial charge in [0.2, 0.25) is 0 Å². The summed E-state index contributed by atoms with van der Waals surface area (Å²) in [6.07, 6.45) is 0. The second-order valence-electron chi connectivity index (χ2n) is 9.30. The number of nitro groups is 1. The number of hydrogen-bond donors (Lipinski definition) is 1. The van der Waals surface area contributed by atoms with E-state index >= 15 is 0 Å². The molecular weight excluding hydrogens is 368 g/mol. The fourth-order valence-electron chi connectivity index (χ4n) is 2.94. The third-order valence-electron chi connectivity index (χ3n) is 4.71. The Kier molecular flexibility index (Phi) is 6.36. The van der Waals surface area contributed by atoms with Gasteiger partial charge in [0.1, 0.15) is 5.75 Å². The van der Waals surface area contributed by atoms with Crippen molar-refractivity contribution in [1.29, 1.82) is 0 Å². The van der Waals surface area contributed by atoms with Crippen molar-refractivity contribution in [2.24, 2.45) is 0 Å². The van der Waals surface area contributed by atoms with E-state index in [-0.39, 0.29) is 29.0 Å². The summed E-state index contributed by atoms with van der Waals surface area (Å²) in [7, 11) is 0. The Morgan fingerprint density at radius 3 is 2.21 bits per heavy atom. The van der Waals surface area contributed by atoms with Crippen LogP contribution in [-0.2, 0) is 15.6 Å². The zero-order chi connectivity index (χ0) is 22.0. The second kappa shape index (κ2) is 8.23. The lowest BCUT2D eigenvalue weighted by Gasteiger charge is -2.27. The van der Waals surface area contributed by atoms with Gasteiger partial charge in [-0.15, -0.1) is 0 Å². The van der Waals surface area contributed by atoms with Gasteiger partial charge in [0, 0.05) is 17.8 Å². The van der Waals surface area contributed by atoms with Crippen molar-refractivity contribution >= 4 is 17.3 Å². The summed E-state index contributed by atoms with van der Waals surface area (Å²) in [6.45, 7) is 14.4. The molecule has 0 atom stereocenters. The van der Waals surface area contributed by atoms with Crippen molar-refractivity contribution in [1.82, 2.24) is 0 Å². The highest BCUT2D eigenvalue weighted by molar-refractivity contribution is 5.92. The Morgan fingerprint density at radius 1 is 1.03 bits per heavy atom. The molecule has 0 heterocycles. The molecule has 6 nitrogen and oxygen atoms in total. The molecule has 156 valence electrons. The number of hydrogen-bond acceptors (Lipinski definition) is 4. The minimum absolute atomic E-state index is 0.00879. The van der Waals surface area contributed by atoms with Crippen LogP contribution in [0.5, 0.6) is 5.75 Å². The van der Waals surface area contributed by atoms with Crippen LogP contribution in [0.25, 0.3) is 0 Å². The molecule has 2 rings (SSSR count). The lowest BCUT2D eigenvalue weighted by molar-refractivity contribution is -0.384. The number of nitrogens with one attached hydrogen (secondary N) is 1. The van der Waals surface area contributed by atoms with Crippen LogP contribution in [0.3, 0.4) is 0 Å². The van der Waals surface area contributed by atoms with Gasteiger partial charge in [0.05, 0.1) is 4.92 Å². The molecule has 0 aliphatic heterocycles. The van der Waals surface area contributed by atoms with Gasteiger partial charge < -0.3 is 10.1 Å². The smallest absolute Gasteiger partial charge is 0.269 e. The average molecular weight is 399 g/mol. The van der Waals surface area contributed by atoms with Crippen molar-refractivity contribution in [3.63, 3.8) is 0 Å². The molecule has 2 aromatic rings. The molecule has 2 aromatic carbocycles. The predicted molar refractivity (Wildman–Crippen MR) is 116 cm³/mol. The first-order valence-corrected chi connectivity index (χ1v) is 9.62. The number of carbonyl (C=O) groups is 1. The average Bonchev–Trinajstić information content (AvgIpc) is 2.59. The van der Waals surface area contributed by atoms with E-state index in [2.05, 4.69) is 52.9 Å². The normalized spacial score (nSPS) is 11.8. The Labute approximate surface area is 172 Å². The molecule has 0 bridgehead atoms. The number of aryl methyl sites for hydroxylation is 1. The molecule has 0 aliphatic rings. The van der Waals surface area contributed by atoms with E-state index in [1.165, 1.54) is 23.8 Å². The van der Waals surface area contributed by atoms with Crippen molar-refractivity contribution in [2.45, 2.75) is 59.3 Å². The van der Waals surface area contributed by atoms with Gasteiger partial charge >= 0.3 is 0 Å². The first-order chi connectivity index (χ1) is 13.3. The molecule has 1 N–H and O–H groups in total. The number of carbonyl (C=O) groups excluding carboxylic acids is 1. The lowest BCUT2D eigenvalue weighted by Crippen LogP contribution is -2.23. The lowest BCUT2D eigenvalue weighted by atomic mass is 9.80. The van der Waals surface area contributed by atoms with Gasteiger partial charge in [0.25, 0.3) is 11.6 Å². The number of anilines is 1. The molecular formula is C23H30N2O4. The number of ether oxygens (including phenoxy) is 1. The molecule has 0 radical (unpaired) electrons. The van der Waals surface area contributed by atoms with E-state index < -0.39 is 4.92 Å². The van der Waals surface area contributed by atoms with Gasteiger partial charge in [-0.3, -0.25) is 14.9 Å². The highest BCUT2D eigenvalue weighted by atomic mass is 16.6. The van der Waals surface area contributed by atoms with Crippen LogP contribution in [0.1, 0.15) is 58.2 Å². The fraction of sp³-hybridized carbons (Fsp3) is 0.435. The molecule has 1 amide bonds. The topological polar surface area (TPSA) is 81.5 Å². The second-order valence-corrected chi connectivity index (χ2v) is 9.30. The number of non-ortho nitro benzene ring substituents is 1. The number of nitro benzene ring substituents is 1. The number of nitrogens with zero attached hydrogens (tertiary/aromatic N) is 1. The molecule has 0 aromatic heterocycles. The van der Waals surface area contributed by atoms with E-state index in [9.17, 15) is 14.9 Å². The molecule has 0 aliphatic carbocycles. The molecule has 29 heavy (non-hydrogen) atoms. The van der Waals surface area contributed by atoms with Crippen LogP contribution in [0.2, 0.25) is 0 Å². The van der Waals surface area contributed by atoms with E-state index in [1.54, 1.807) is 6.92 Å². The Morgan fingerprint density at radius 2 is 1.69 bits per heavy atom. The summed E-state index contributed by atoms with van der Waals surface area (Å²) in [5.41, 5.74) is 3.28. The maximum atomic E-state index is 12.4. The van der Waals surface area contributed by atoms with Crippen molar-refractivity contribution < 1.29 is 14.5 Å². The highest BCUT2D eigenvalue weighted by Crippen LogP contribution is 2.35. The maximum absolute atomic E-state index is 12.4. The number of benzene rings is 2. The number of rotatable bonds is 5. The summed E-state index contributed by atoms with van der Waals surface area (Å²) >= 11 is 0. The SMILES string of the molecule is Cc1cc([N+](=O)[O-])ccc1NC(=O)COc1ccc(C(C)(C)C)cc1C(C)(C)C. The summed E-state index contributed by atoms with van der Waals surface area (Å²) < 4.78 is 5.85. The van der Waals surface area contributed by atoms with Crippen molar-refractivity contribution in [3.05, 3.63) is 63.2 Å². The van der Waals surface area contributed by atoms with Crippen molar-refractivity contribution in [3.8, 4) is 5.75 Å². The van der Waals surface area contributed by atoms with E-state index in [0.717, 1.165) is 5.56 Å². The minimum Gasteiger partial charge on any atom is -0.483 e. The van der Waals surface area contributed by atoms with Gasteiger partial charge in [-0.05, 0) is 46.6 Å². The fourth-order valence-corrected chi connectivity index (χ4v) is 2.94. The molecule has 0 fully saturated rings. The molecule has 0 unspecified atom stereocenters. The van der Waals surface area contributed by atoms with E-state index in [4.69, 9.17) is 4.74 Å². The first-order valence-electron chi connectivity index (χ1n) is 9.62. The summed E-state index contributed by atoms with van der Waals surface area (Å²) in [5, 5.41) is 13.6. The largest absolute Gasteiger partial charge is 0.483 e. The zero-order valence-electron chi connectivity index (χ0n) is 18.3. The maximum Gasteiger partial charge on any atom is 0.269 e. The van der Waals surface area contributed by atoms with Crippen LogP contribution in [0, 0.1) is 17.0 Å². The summed E-state index contributed by atoms with van der Waals surface area (Å²) in [5.74, 6) is 0.364. The third-order valence-corrected chi connectivity index (χ3v) is 4.71. The Balaban J connectivity index is 2.15. The molecule has 0 spiro atoms. The van der Waals surface area contributed by atoms with Gasteiger partial charge in [-0.1, -0.05) is 53.7 Å². The first kappa shape index (κ1) is 22.4. The van der Waals surface area contributed by atoms with Crippen LogP contribution in [0.15, 0.2) is 36.4 Å². The Hall–Kier alpha value is -2.89. The Bertz CT molecular complexity index is 921. The summed E-state index contributed by atoms with van der Waals surface area (Å²) in [6, 6.07) is 10.4. The predicted octanol–water partition coefficient (Wildman–Crippen LogP) is 5.52. The molecule has 0 saturated heterocycles. The van der Waals surface area contributed by atoms with Crippen LogP contribution >= 0.6 is 0 Å². The zero-order valence-corrected chi connectivity index (χ0v) is 18.3. The van der Waals surface area contributed by atoms with Crippen LogP contribution < -0.4 is 10.1 Å². The monoisotopic (exact) mass is 398 g/mol. The minimum atomic E-state index is -0.461. The van der Waals surface area contributed by atoms with Crippen LogP contribution in [0.4, 0.5) is 11.4 Å². The van der Waals surface area contributed by atoms with E-state index in [0.29, 0.717) is 17.0 Å². The quantitative estimate of drug-likeness (QED) is 0.531. The standard InChI is InChI=1S/C23H30N2O4/c1-15-12-17(25(27)28)9-10-19(15)24-21(26)14-29-20-11-8-16(22(2,3)4)13-18(20)23(5,6)7/h8-13H,14H2,1-7H3,(H,24,26). The van der Waals surface area contributed by atoms with E-state index in [1.807, 2.05) is 12.1 Å². The highest BCUT2D eigenvalue weighted by Gasteiger charge is 2.23.